The molecule has 5 aromatic rings. The Labute approximate surface area is 189 Å². The monoisotopic (exact) mass is 427 g/mol. The first-order chi connectivity index (χ1) is 16.1. The summed E-state index contributed by atoms with van der Waals surface area (Å²) in [5, 5.41) is 2.12. The summed E-state index contributed by atoms with van der Waals surface area (Å²) >= 11 is 0. The quantitative estimate of drug-likeness (QED) is 0.248. The van der Waals surface area contributed by atoms with Crippen molar-refractivity contribution < 1.29 is 9.59 Å². The zero-order valence-electron chi connectivity index (χ0n) is 17.7. The molecule has 6 rings (SSSR count). The van der Waals surface area contributed by atoms with Gasteiger partial charge in [-0.3, -0.25) is 14.5 Å². The highest BCUT2D eigenvalue weighted by Crippen LogP contribution is 2.40. The zero-order valence-corrected chi connectivity index (χ0v) is 17.7. The lowest BCUT2D eigenvalue weighted by molar-refractivity contribution is 0.0693. The van der Waals surface area contributed by atoms with E-state index in [2.05, 4.69) is 21.5 Å². The molecule has 0 N–H and O–H groups in total. The summed E-state index contributed by atoms with van der Waals surface area (Å²) in [4.78, 5) is 30.4. The van der Waals surface area contributed by atoms with E-state index in [1.807, 2.05) is 66.7 Å². The van der Waals surface area contributed by atoms with Crippen LogP contribution in [0.25, 0.3) is 43.5 Å². The fraction of sp³-hybridized carbons (Fsp3) is 0.0357. The van der Waals surface area contributed by atoms with Crippen molar-refractivity contribution in [2.45, 2.75) is 0 Å². The number of nitrogens with zero attached hydrogens (tertiary/aromatic N) is 3. The molecule has 0 saturated carbocycles. The van der Waals surface area contributed by atoms with E-state index in [-0.39, 0.29) is 11.8 Å². The maximum absolute atomic E-state index is 13.1. The van der Waals surface area contributed by atoms with E-state index < -0.39 is 0 Å². The predicted molar refractivity (Wildman–Crippen MR) is 129 cm³/mol. The summed E-state index contributed by atoms with van der Waals surface area (Å²) in [6.07, 6.45) is 0. The third-order valence-corrected chi connectivity index (χ3v) is 6.34. The van der Waals surface area contributed by atoms with Gasteiger partial charge in [0.15, 0.2) is 5.69 Å². The first kappa shape index (κ1) is 19.0. The van der Waals surface area contributed by atoms with E-state index in [0.29, 0.717) is 22.5 Å². The van der Waals surface area contributed by atoms with Crippen LogP contribution in [0, 0.1) is 6.57 Å². The molecule has 0 bridgehead atoms. The van der Waals surface area contributed by atoms with Crippen LogP contribution < -0.4 is 0 Å². The van der Waals surface area contributed by atoms with Crippen LogP contribution in [0.4, 0.5) is 5.69 Å². The van der Waals surface area contributed by atoms with Gasteiger partial charge >= 0.3 is 0 Å². The van der Waals surface area contributed by atoms with Crippen LogP contribution >= 0.6 is 0 Å². The number of fused-ring (bicyclic) bond motifs is 4. The largest absolute Gasteiger partial charge is 0.308 e. The highest BCUT2D eigenvalue weighted by atomic mass is 16.2. The van der Waals surface area contributed by atoms with Gasteiger partial charge in [-0.25, -0.2) is 4.85 Å². The second-order valence-electron chi connectivity index (χ2n) is 8.08. The highest BCUT2D eigenvalue weighted by Gasteiger charge is 2.36. The second-order valence-corrected chi connectivity index (χ2v) is 8.08. The normalized spacial score (nSPS) is 13.0. The molecule has 5 heteroatoms. The third-order valence-electron chi connectivity index (χ3n) is 6.34. The second kappa shape index (κ2) is 6.91. The molecule has 2 amide bonds. The minimum absolute atomic E-state index is 0.285. The Hall–Kier alpha value is -4.69. The number of carbonyl (C=O) groups excluding carboxylic acids is 2. The fourth-order valence-corrected chi connectivity index (χ4v) is 4.79. The van der Waals surface area contributed by atoms with Crippen molar-refractivity contribution in [3.05, 3.63) is 107 Å². The minimum Gasteiger partial charge on any atom is -0.308 e. The molecule has 0 saturated heterocycles. The molecule has 0 spiro atoms. The van der Waals surface area contributed by atoms with Gasteiger partial charge in [-0.15, -0.1) is 0 Å². The summed E-state index contributed by atoms with van der Waals surface area (Å²) in [5.74, 6) is -0.581. The molecule has 1 aromatic heterocycles. The molecule has 4 aromatic carbocycles. The topological polar surface area (TPSA) is 46.7 Å². The van der Waals surface area contributed by atoms with Crippen LogP contribution in [0.2, 0.25) is 0 Å². The van der Waals surface area contributed by atoms with Gasteiger partial charge in [-0.05, 0) is 23.8 Å². The summed E-state index contributed by atoms with van der Waals surface area (Å²) in [6.45, 7) is 7.25. The zero-order chi connectivity index (χ0) is 22.7. The van der Waals surface area contributed by atoms with Crippen LogP contribution in [-0.2, 0) is 0 Å². The fourth-order valence-electron chi connectivity index (χ4n) is 4.79. The standard InChI is InChI=1S/C28H17N3O2/c1-29-18-15-13-17(14-16-18)19-8-5-9-21-20-7-3-4-11-23(20)31(26(19)21)24-12-6-10-22-25(24)28(33)30(2)27(22)32/h3-16H,2H3. The first-order valence-corrected chi connectivity index (χ1v) is 10.6. The molecule has 1 aliphatic rings. The predicted octanol–water partition coefficient (Wildman–Crippen LogP) is 6.23. The number of aromatic nitrogens is 1. The molecule has 33 heavy (non-hydrogen) atoms. The van der Waals surface area contributed by atoms with Gasteiger partial charge in [0.05, 0.1) is 34.4 Å². The highest BCUT2D eigenvalue weighted by molar-refractivity contribution is 6.23. The van der Waals surface area contributed by atoms with Gasteiger partial charge in [0, 0.05) is 23.4 Å². The summed E-state index contributed by atoms with van der Waals surface area (Å²) in [6, 6.07) is 27.2. The number of amides is 2. The van der Waals surface area contributed by atoms with Crippen LogP contribution in [-0.4, -0.2) is 28.3 Å². The van der Waals surface area contributed by atoms with Gasteiger partial charge in [-0.1, -0.05) is 66.7 Å². The van der Waals surface area contributed by atoms with E-state index in [4.69, 9.17) is 6.57 Å². The lowest BCUT2D eigenvalue weighted by atomic mass is 10.0. The molecule has 0 fully saturated rings. The number of hydrogen-bond donors (Lipinski definition) is 0. The average Bonchev–Trinajstić information content (AvgIpc) is 3.32. The molecule has 2 heterocycles. The smallest absolute Gasteiger partial charge is 0.263 e. The van der Waals surface area contributed by atoms with Gasteiger partial charge in [0.2, 0.25) is 0 Å². The summed E-state index contributed by atoms with van der Waals surface area (Å²) in [7, 11) is 1.52. The molecule has 0 aliphatic carbocycles. The summed E-state index contributed by atoms with van der Waals surface area (Å²) < 4.78 is 2.09. The molecule has 0 radical (unpaired) electrons. The van der Waals surface area contributed by atoms with Crippen LogP contribution in [0.15, 0.2) is 84.9 Å². The number of imide groups is 1. The van der Waals surface area contributed by atoms with E-state index in [9.17, 15) is 9.59 Å². The van der Waals surface area contributed by atoms with E-state index in [1.165, 1.54) is 11.9 Å². The van der Waals surface area contributed by atoms with Gasteiger partial charge in [0.25, 0.3) is 11.8 Å². The Morgan fingerprint density at radius 3 is 2.21 bits per heavy atom. The van der Waals surface area contributed by atoms with E-state index in [1.54, 1.807) is 6.07 Å². The van der Waals surface area contributed by atoms with Crippen molar-refractivity contribution in [3.63, 3.8) is 0 Å². The van der Waals surface area contributed by atoms with Crippen molar-refractivity contribution >= 4 is 39.3 Å². The number of para-hydroxylation sites is 2. The lowest BCUT2D eigenvalue weighted by Crippen LogP contribution is -2.24. The Bertz CT molecular complexity index is 1670. The maximum Gasteiger partial charge on any atom is 0.263 e. The number of benzene rings is 4. The minimum atomic E-state index is -0.296. The van der Waals surface area contributed by atoms with E-state index in [0.717, 1.165) is 32.9 Å². The number of carbonyl (C=O) groups is 2. The molecule has 0 atom stereocenters. The molecule has 0 unspecified atom stereocenters. The van der Waals surface area contributed by atoms with Crippen molar-refractivity contribution in [2.24, 2.45) is 0 Å². The maximum atomic E-state index is 13.1. The van der Waals surface area contributed by atoms with E-state index >= 15 is 0 Å². The number of hydrogen-bond acceptors (Lipinski definition) is 2. The molecular formula is C28H17N3O2. The molecule has 156 valence electrons. The number of rotatable bonds is 2. The van der Waals surface area contributed by atoms with Crippen LogP contribution in [0.3, 0.4) is 0 Å². The Kier molecular flexibility index (Phi) is 3.98. The Balaban J connectivity index is 1.76. The van der Waals surface area contributed by atoms with Gasteiger partial charge in [-0.2, -0.15) is 0 Å². The van der Waals surface area contributed by atoms with Crippen LogP contribution in [0.5, 0.6) is 0 Å². The average molecular weight is 427 g/mol. The van der Waals surface area contributed by atoms with Crippen molar-refractivity contribution in [1.29, 1.82) is 0 Å². The molecular weight excluding hydrogens is 410 g/mol. The Morgan fingerprint density at radius 1 is 0.727 bits per heavy atom. The van der Waals surface area contributed by atoms with Crippen molar-refractivity contribution in [3.8, 4) is 16.8 Å². The van der Waals surface area contributed by atoms with Crippen molar-refractivity contribution in [1.82, 2.24) is 9.47 Å². The lowest BCUT2D eigenvalue weighted by Gasteiger charge is -2.14. The molecule has 5 nitrogen and oxygen atoms in total. The summed E-state index contributed by atoms with van der Waals surface area (Å²) in [5.41, 5.74) is 5.99. The van der Waals surface area contributed by atoms with Gasteiger partial charge < -0.3 is 4.57 Å². The SMILES string of the molecule is [C-]#[N+]c1ccc(-c2cccc3c4ccccc4n(-c4cccc5c4C(=O)N(C)C5=O)c23)cc1. The van der Waals surface area contributed by atoms with Crippen LogP contribution in [0.1, 0.15) is 20.7 Å². The third kappa shape index (κ3) is 2.58. The van der Waals surface area contributed by atoms with Gasteiger partial charge in [0.1, 0.15) is 0 Å². The molecule has 1 aliphatic heterocycles. The first-order valence-electron chi connectivity index (χ1n) is 10.6. The Morgan fingerprint density at radius 2 is 1.42 bits per heavy atom. The van der Waals surface area contributed by atoms with Crippen molar-refractivity contribution in [2.75, 3.05) is 7.05 Å².